The molecule has 2 aromatic rings. The zero-order valence-corrected chi connectivity index (χ0v) is 15.3. The molecule has 0 aromatic carbocycles. The number of carbonyl (C=O) groups is 1. The van der Waals surface area contributed by atoms with Crippen LogP contribution >= 0.6 is 22.9 Å². The van der Waals surface area contributed by atoms with Crippen molar-refractivity contribution in [3.63, 3.8) is 0 Å². The van der Waals surface area contributed by atoms with Gasteiger partial charge in [-0.25, -0.2) is 4.98 Å². The molecule has 1 saturated heterocycles. The Morgan fingerprint density at radius 1 is 1.25 bits per heavy atom. The highest BCUT2D eigenvalue weighted by atomic mass is 35.5. The van der Waals surface area contributed by atoms with E-state index in [1.165, 1.54) is 0 Å². The first kappa shape index (κ1) is 17.1. The molecular formula is C16H20ClN5OS. The molecule has 1 amide bonds. The highest BCUT2D eigenvalue weighted by molar-refractivity contribution is 7.09. The summed E-state index contributed by atoms with van der Waals surface area (Å²) in [7, 11) is 0. The summed E-state index contributed by atoms with van der Waals surface area (Å²) in [6.45, 7) is 7.09. The van der Waals surface area contributed by atoms with Gasteiger partial charge in [0.1, 0.15) is 0 Å². The lowest BCUT2D eigenvalue weighted by Gasteiger charge is -2.35. The van der Waals surface area contributed by atoms with Gasteiger partial charge in [-0.1, -0.05) is 25.4 Å². The molecule has 6 nitrogen and oxygen atoms in total. The standard InChI is InChI=1S/C16H20ClN5OS/c1-11(2)16-18-12(10-24-16)9-15(23)22-7-5-21(6-8-22)14-4-3-13(17)19-20-14/h3-4,10-11H,5-9H2,1-2H3. The molecule has 3 heterocycles. The molecule has 1 aliphatic heterocycles. The lowest BCUT2D eigenvalue weighted by molar-refractivity contribution is -0.130. The predicted molar refractivity (Wildman–Crippen MR) is 95.7 cm³/mol. The van der Waals surface area contributed by atoms with Crippen molar-refractivity contribution in [1.29, 1.82) is 0 Å². The number of anilines is 1. The highest BCUT2D eigenvalue weighted by Gasteiger charge is 2.23. The number of halogens is 1. The SMILES string of the molecule is CC(C)c1nc(CC(=O)N2CCN(c3ccc(Cl)nn3)CC2)cs1. The van der Waals surface area contributed by atoms with E-state index in [-0.39, 0.29) is 5.91 Å². The zero-order valence-electron chi connectivity index (χ0n) is 13.8. The molecule has 0 spiro atoms. The first-order valence-corrected chi connectivity index (χ1v) is 9.25. The van der Waals surface area contributed by atoms with Crippen LogP contribution in [0.2, 0.25) is 5.15 Å². The number of hydrogen-bond acceptors (Lipinski definition) is 6. The minimum Gasteiger partial charge on any atom is -0.352 e. The number of aromatic nitrogens is 3. The number of hydrogen-bond donors (Lipinski definition) is 0. The average Bonchev–Trinajstić information content (AvgIpc) is 3.04. The molecule has 0 radical (unpaired) electrons. The monoisotopic (exact) mass is 365 g/mol. The van der Waals surface area contributed by atoms with Crippen molar-refractivity contribution < 1.29 is 4.79 Å². The third-order valence-corrected chi connectivity index (χ3v) is 5.37. The molecule has 128 valence electrons. The summed E-state index contributed by atoms with van der Waals surface area (Å²) >= 11 is 7.39. The van der Waals surface area contributed by atoms with Gasteiger partial charge in [0.2, 0.25) is 5.91 Å². The lowest BCUT2D eigenvalue weighted by Crippen LogP contribution is -2.49. The maximum absolute atomic E-state index is 12.5. The number of rotatable bonds is 4. The van der Waals surface area contributed by atoms with Gasteiger partial charge in [-0.2, -0.15) is 0 Å². The molecule has 0 bridgehead atoms. The second kappa shape index (κ2) is 7.44. The first-order chi connectivity index (χ1) is 11.5. The molecule has 3 rings (SSSR count). The predicted octanol–water partition coefficient (Wildman–Crippen LogP) is 2.60. The number of amides is 1. The molecular weight excluding hydrogens is 346 g/mol. The Bertz CT molecular complexity index is 695. The Balaban J connectivity index is 1.53. The second-order valence-electron chi connectivity index (χ2n) is 6.09. The average molecular weight is 366 g/mol. The first-order valence-electron chi connectivity index (χ1n) is 7.99. The van der Waals surface area contributed by atoms with Gasteiger partial charge in [0.05, 0.1) is 17.1 Å². The molecule has 0 unspecified atom stereocenters. The van der Waals surface area contributed by atoms with E-state index in [0.29, 0.717) is 30.6 Å². The van der Waals surface area contributed by atoms with E-state index >= 15 is 0 Å². The van der Waals surface area contributed by atoms with Crippen LogP contribution in [0, 0.1) is 0 Å². The van der Waals surface area contributed by atoms with E-state index in [1.807, 2.05) is 16.3 Å². The van der Waals surface area contributed by atoms with E-state index in [0.717, 1.165) is 29.6 Å². The molecule has 1 fully saturated rings. The molecule has 1 aliphatic rings. The fraction of sp³-hybridized carbons (Fsp3) is 0.500. The van der Waals surface area contributed by atoms with Gasteiger partial charge in [-0.15, -0.1) is 21.5 Å². The third kappa shape index (κ3) is 4.02. The Morgan fingerprint density at radius 3 is 2.58 bits per heavy atom. The Morgan fingerprint density at radius 2 is 2.00 bits per heavy atom. The summed E-state index contributed by atoms with van der Waals surface area (Å²) in [6, 6.07) is 3.59. The quantitative estimate of drug-likeness (QED) is 0.833. The van der Waals surface area contributed by atoms with Crippen LogP contribution in [-0.2, 0) is 11.2 Å². The Labute approximate surface area is 150 Å². The highest BCUT2D eigenvalue weighted by Crippen LogP contribution is 2.20. The Hall–Kier alpha value is -1.73. The van der Waals surface area contributed by atoms with Crippen LogP contribution < -0.4 is 4.90 Å². The van der Waals surface area contributed by atoms with Crippen molar-refractivity contribution in [2.75, 3.05) is 31.1 Å². The van der Waals surface area contributed by atoms with Crippen molar-refractivity contribution in [3.8, 4) is 0 Å². The molecule has 2 aromatic heterocycles. The lowest BCUT2D eigenvalue weighted by atomic mass is 10.2. The summed E-state index contributed by atoms with van der Waals surface area (Å²) in [4.78, 5) is 21.0. The molecule has 0 atom stereocenters. The van der Waals surface area contributed by atoms with Gasteiger partial charge in [0.15, 0.2) is 11.0 Å². The normalized spacial score (nSPS) is 15.2. The van der Waals surface area contributed by atoms with Crippen molar-refractivity contribution in [1.82, 2.24) is 20.1 Å². The number of nitrogens with zero attached hydrogens (tertiary/aromatic N) is 5. The number of thiazole rings is 1. The van der Waals surface area contributed by atoms with Crippen molar-refractivity contribution in [2.45, 2.75) is 26.2 Å². The third-order valence-electron chi connectivity index (χ3n) is 3.97. The minimum atomic E-state index is 0.137. The van der Waals surface area contributed by atoms with Gasteiger partial charge < -0.3 is 9.80 Å². The molecule has 0 saturated carbocycles. The van der Waals surface area contributed by atoms with Gasteiger partial charge in [-0.3, -0.25) is 4.79 Å². The van der Waals surface area contributed by atoms with Crippen LogP contribution in [0.25, 0.3) is 0 Å². The van der Waals surface area contributed by atoms with Crippen molar-refractivity contribution >= 4 is 34.7 Å². The van der Waals surface area contributed by atoms with E-state index in [9.17, 15) is 4.79 Å². The Kier molecular flexibility index (Phi) is 5.30. The summed E-state index contributed by atoms with van der Waals surface area (Å²) < 4.78 is 0. The molecule has 0 aliphatic carbocycles. The minimum absolute atomic E-state index is 0.137. The van der Waals surface area contributed by atoms with E-state index in [4.69, 9.17) is 11.6 Å². The van der Waals surface area contributed by atoms with Gasteiger partial charge in [0, 0.05) is 37.5 Å². The van der Waals surface area contributed by atoms with Gasteiger partial charge in [-0.05, 0) is 12.1 Å². The van der Waals surface area contributed by atoms with Crippen molar-refractivity contribution in [2.24, 2.45) is 0 Å². The number of piperazine rings is 1. The summed E-state index contributed by atoms with van der Waals surface area (Å²) in [5.41, 5.74) is 0.875. The maximum atomic E-state index is 12.5. The van der Waals surface area contributed by atoms with Crippen molar-refractivity contribution in [3.05, 3.63) is 33.4 Å². The zero-order chi connectivity index (χ0) is 17.1. The van der Waals surface area contributed by atoms with Crippen LogP contribution in [0.15, 0.2) is 17.5 Å². The van der Waals surface area contributed by atoms with Crippen LogP contribution in [0.3, 0.4) is 0 Å². The largest absolute Gasteiger partial charge is 0.352 e. The van der Waals surface area contributed by atoms with Gasteiger partial charge >= 0.3 is 0 Å². The summed E-state index contributed by atoms with van der Waals surface area (Å²) in [5.74, 6) is 1.34. The maximum Gasteiger partial charge on any atom is 0.228 e. The summed E-state index contributed by atoms with van der Waals surface area (Å²) in [5, 5.41) is 11.4. The second-order valence-corrected chi connectivity index (χ2v) is 7.37. The van der Waals surface area contributed by atoms with Gasteiger partial charge in [0.25, 0.3) is 0 Å². The van der Waals surface area contributed by atoms with E-state index in [2.05, 4.69) is 33.9 Å². The van der Waals surface area contributed by atoms with Crippen LogP contribution in [0.1, 0.15) is 30.5 Å². The molecule has 8 heteroatoms. The van der Waals surface area contributed by atoms with E-state index < -0.39 is 0 Å². The molecule has 24 heavy (non-hydrogen) atoms. The number of carbonyl (C=O) groups excluding carboxylic acids is 1. The summed E-state index contributed by atoms with van der Waals surface area (Å²) in [6.07, 6.45) is 0.379. The topological polar surface area (TPSA) is 62.2 Å². The molecule has 0 N–H and O–H groups in total. The smallest absolute Gasteiger partial charge is 0.228 e. The van der Waals surface area contributed by atoms with E-state index in [1.54, 1.807) is 17.4 Å². The van der Waals surface area contributed by atoms with Crippen LogP contribution in [0.5, 0.6) is 0 Å². The fourth-order valence-electron chi connectivity index (χ4n) is 2.60. The van der Waals surface area contributed by atoms with Crippen LogP contribution in [0.4, 0.5) is 5.82 Å². The van der Waals surface area contributed by atoms with Crippen LogP contribution in [-0.4, -0.2) is 52.2 Å². The fourth-order valence-corrected chi connectivity index (χ4v) is 3.53.